The van der Waals surface area contributed by atoms with E-state index >= 15 is 0 Å². The number of ether oxygens (including phenoxy) is 12. The zero-order valence-corrected chi connectivity index (χ0v) is 37.8. The van der Waals surface area contributed by atoms with Gasteiger partial charge in [0.05, 0.1) is 79.3 Å². The third kappa shape index (κ3) is 32.4. The third-order valence-electron chi connectivity index (χ3n) is 8.38. The van der Waals surface area contributed by atoms with Crippen molar-refractivity contribution in [2.45, 2.75) is 65.8 Å². The van der Waals surface area contributed by atoms with E-state index in [0.717, 1.165) is 36.5 Å². The van der Waals surface area contributed by atoms with Gasteiger partial charge < -0.3 is 56.8 Å². The van der Waals surface area contributed by atoms with E-state index in [0.29, 0.717) is 12.8 Å². The standard InChI is InChI=1S/C24H38O9.C21H32O9/c1-8-21(25)31-18(5)12-28-15-24(11-4,16-29-13-19(6)32-22(26)9-2)17-30-14-20(7)33-23(27)10-3;1-5-18(22)28-12-9-25-15-21(8-4,16-26-10-13-29-19(23)6-2)17-27-11-14-30-20(24)7-3/h8-10,18-20H,1-3,11-17H2,4-7H3;5-7H,1-3,8-17H2,4H3. The highest BCUT2D eigenvalue weighted by atomic mass is 16.6. The number of hydrogen-bond donors (Lipinski definition) is 0. The van der Waals surface area contributed by atoms with Crippen LogP contribution < -0.4 is 0 Å². The number of rotatable bonds is 38. The Labute approximate surface area is 372 Å². The molecule has 0 radical (unpaired) electrons. The maximum atomic E-state index is 11.3. The Balaban J connectivity index is 0. The summed E-state index contributed by atoms with van der Waals surface area (Å²) in [6.07, 6.45) is 6.46. The Morgan fingerprint density at radius 3 is 0.810 bits per heavy atom. The molecular formula is C45H70O18. The molecular weight excluding hydrogens is 828 g/mol. The molecule has 0 N–H and O–H groups in total. The minimum absolute atomic E-state index is 0.0986. The molecule has 0 amide bonds. The van der Waals surface area contributed by atoms with Gasteiger partial charge in [-0.2, -0.15) is 0 Å². The van der Waals surface area contributed by atoms with Gasteiger partial charge in [0.25, 0.3) is 0 Å². The molecule has 18 nitrogen and oxygen atoms in total. The molecule has 0 saturated heterocycles. The van der Waals surface area contributed by atoms with E-state index in [1.807, 2.05) is 13.8 Å². The van der Waals surface area contributed by atoms with Gasteiger partial charge in [0.15, 0.2) is 0 Å². The number of carbonyl (C=O) groups excluding carboxylic acids is 6. The van der Waals surface area contributed by atoms with Crippen LogP contribution >= 0.6 is 0 Å². The molecule has 0 aliphatic carbocycles. The Kier molecular flexibility index (Phi) is 35.8. The van der Waals surface area contributed by atoms with Gasteiger partial charge in [0, 0.05) is 47.3 Å². The summed E-state index contributed by atoms with van der Waals surface area (Å²) in [4.78, 5) is 67.1. The first-order valence-corrected chi connectivity index (χ1v) is 20.4. The molecule has 0 saturated carbocycles. The summed E-state index contributed by atoms with van der Waals surface area (Å²) < 4.78 is 64.3. The largest absolute Gasteiger partial charge is 0.460 e. The van der Waals surface area contributed by atoms with Crippen LogP contribution in [0.5, 0.6) is 0 Å². The zero-order chi connectivity index (χ0) is 47.9. The van der Waals surface area contributed by atoms with Gasteiger partial charge in [-0.15, -0.1) is 0 Å². The monoisotopic (exact) mass is 898 g/mol. The Morgan fingerprint density at radius 2 is 0.603 bits per heavy atom. The molecule has 0 heterocycles. The third-order valence-corrected chi connectivity index (χ3v) is 8.38. The first-order valence-electron chi connectivity index (χ1n) is 20.4. The van der Waals surface area contributed by atoms with Crippen LogP contribution in [0.2, 0.25) is 0 Å². The summed E-state index contributed by atoms with van der Waals surface area (Å²) in [7, 11) is 0. The highest BCUT2D eigenvalue weighted by molar-refractivity contribution is 5.82. The molecule has 0 aromatic heterocycles. The molecule has 0 aliphatic heterocycles. The van der Waals surface area contributed by atoms with E-state index < -0.39 is 65.0 Å². The summed E-state index contributed by atoms with van der Waals surface area (Å²) in [5.41, 5.74) is -1.03. The highest BCUT2D eigenvalue weighted by Gasteiger charge is 2.32. The lowest BCUT2D eigenvalue weighted by Gasteiger charge is -2.33. The summed E-state index contributed by atoms with van der Waals surface area (Å²) in [6, 6.07) is 0. The lowest BCUT2D eigenvalue weighted by Crippen LogP contribution is -2.39. The SMILES string of the molecule is C=CC(=O)OC(C)COCC(CC)(COCC(C)OC(=O)C=C)COCC(C)OC(=O)C=C.C=CC(=O)OCCOCC(CC)(COCCOC(=O)C=C)COCCOC(=O)C=C. The predicted molar refractivity (Wildman–Crippen MR) is 231 cm³/mol. The number of hydrogen-bond acceptors (Lipinski definition) is 18. The Hall–Kier alpha value is -4.98. The van der Waals surface area contributed by atoms with Crippen molar-refractivity contribution in [3.8, 4) is 0 Å². The van der Waals surface area contributed by atoms with Gasteiger partial charge in [-0.1, -0.05) is 53.3 Å². The van der Waals surface area contributed by atoms with Gasteiger partial charge in [-0.05, 0) is 33.6 Å². The van der Waals surface area contributed by atoms with Gasteiger partial charge in [0.2, 0.25) is 0 Å². The molecule has 358 valence electrons. The van der Waals surface area contributed by atoms with Gasteiger partial charge in [0.1, 0.15) is 38.1 Å². The van der Waals surface area contributed by atoms with Gasteiger partial charge >= 0.3 is 35.8 Å². The fraction of sp³-hybridized carbons (Fsp3) is 0.600. The summed E-state index contributed by atoms with van der Waals surface area (Å²) >= 11 is 0. The molecule has 18 heteroatoms. The van der Waals surface area contributed by atoms with E-state index in [1.165, 1.54) is 0 Å². The van der Waals surface area contributed by atoms with E-state index in [2.05, 4.69) is 39.5 Å². The Morgan fingerprint density at radius 1 is 0.381 bits per heavy atom. The van der Waals surface area contributed by atoms with Crippen LogP contribution in [0.1, 0.15) is 47.5 Å². The quantitative estimate of drug-likeness (QED) is 0.0363. The highest BCUT2D eigenvalue weighted by Crippen LogP contribution is 2.26. The van der Waals surface area contributed by atoms with Crippen LogP contribution in [0.4, 0.5) is 0 Å². The maximum Gasteiger partial charge on any atom is 0.330 e. The fourth-order valence-corrected chi connectivity index (χ4v) is 4.67. The van der Waals surface area contributed by atoms with Crippen molar-refractivity contribution in [3.05, 3.63) is 75.9 Å². The van der Waals surface area contributed by atoms with E-state index in [-0.39, 0.29) is 99.1 Å². The van der Waals surface area contributed by atoms with Crippen molar-refractivity contribution in [2.75, 3.05) is 99.1 Å². The maximum absolute atomic E-state index is 11.3. The van der Waals surface area contributed by atoms with E-state index in [9.17, 15) is 28.8 Å². The minimum Gasteiger partial charge on any atom is -0.460 e. The minimum atomic E-state index is -0.535. The first-order chi connectivity index (χ1) is 30.0. The van der Waals surface area contributed by atoms with Gasteiger partial charge in [-0.25, -0.2) is 28.8 Å². The topological polar surface area (TPSA) is 213 Å². The van der Waals surface area contributed by atoms with Crippen molar-refractivity contribution in [1.82, 2.24) is 0 Å². The van der Waals surface area contributed by atoms with Crippen molar-refractivity contribution in [2.24, 2.45) is 10.8 Å². The molecule has 0 fully saturated rings. The normalized spacial score (nSPS) is 13.1. The second kappa shape index (κ2) is 37.6. The molecule has 0 rings (SSSR count). The average Bonchev–Trinajstić information content (AvgIpc) is 3.27. The van der Waals surface area contributed by atoms with Crippen LogP contribution in [0.3, 0.4) is 0 Å². The molecule has 3 unspecified atom stereocenters. The first kappa shape index (κ1) is 60.1. The van der Waals surface area contributed by atoms with E-state index in [1.54, 1.807) is 20.8 Å². The smallest absolute Gasteiger partial charge is 0.330 e. The number of esters is 6. The molecule has 0 aliphatic rings. The van der Waals surface area contributed by atoms with Crippen LogP contribution in [0.25, 0.3) is 0 Å². The van der Waals surface area contributed by atoms with Crippen LogP contribution in [0.15, 0.2) is 75.9 Å². The van der Waals surface area contributed by atoms with Crippen LogP contribution in [-0.4, -0.2) is 153 Å². The van der Waals surface area contributed by atoms with Crippen molar-refractivity contribution in [1.29, 1.82) is 0 Å². The Bertz CT molecular complexity index is 1250. The zero-order valence-electron chi connectivity index (χ0n) is 37.8. The van der Waals surface area contributed by atoms with Crippen LogP contribution in [-0.2, 0) is 85.6 Å². The lowest BCUT2D eigenvalue weighted by molar-refractivity contribution is -0.151. The summed E-state index contributed by atoms with van der Waals surface area (Å²) in [6.45, 7) is 32.2. The van der Waals surface area contributed by atoms with Crippen molar-refractivity contribution >= 4 is 35.8 Å². The van der Waals surface area contributed by atoms with Crippen molar-refractivity contribution < 1.29 is 85.6 Å². The molecule has 0 aromatic rings. The van der Waals surface area contributed by atoms with Gasteiger partial charge in [-0.3, -0.25) is 0 Å². The van der Waals surface area contributed by atoms with E-state index in [4.69, 9.17) is 56.8 Å². The average molecular weight is 899 g/mol. The molecule has 63 heavy (non-hydrogen) atoms. The number of carbonyl (C=O) groups is 6. The summed E-state index contributed by atoms with van der Waals surface area (Å²) in [5.74, 6) is -3.12. The molecule has 0 aromatic carbocycles. The van der Waals surface area contributed by atoms with Crippen LogP contribution in [0, 0.1) is 10.8 Å². The molecule has 3 atom stereocenters. The molecule has 0 spiro atoms. The fourth-order valence-electron chi connectivity index (χ4n) is 4.67. The second-order valence-electron chi connectivity index (χ2n) is 13.9. The second-order valence-corrected chi connectivity index (χ2v) is 13.9. The van der Waals surface area contributed by atoms with Crippen molar-refractivity contribution in [3.63, 3.8) is 0 Å². The summed E-state index contributed by atoms with van der Waals surface area (Å²) in [5, 5.41) is 0. The lowest BCUT2D eigenvalue weighted by atomic mass is 9.88. The molecule has 0 bridgehead atoms. The predicted octanol–water partition coefficient (Wildman–Crippen LogP) is 4.41.